The zero-order valence-corrected chi connectivity index (χ0v) is 14.2. The Hall–Kier alpha value is -2.17. The molecule has 0 aliphatic rings. The van der Waals surface area contributed by atoms with E-state index < -0.39 is 0 Å². The van der Waals surface area contributed by atoms with Crippen molar-refractivity contribution in [2.24, 2.45) is 0 Å². The van der Waals surface area contributed by atoms with Gasteiger partial charge in [-0.3, -0.25) is 14.4 Å². The van der Waals surface area contributed by atoms with Crippen LogP contribution >= 0.6 is 0 Å². The van der Waals surface area contributed by atoms with Crippen LogP contribution in [0.1, 0.15) is 54.1 Å². The zero-order chi connectivity index (χ0) is 17.2. The van der Waals surface area contributed by atoms with Crippen LogP contribution in [0.15, 0.2) is 18.2 Å². The molecule has 0 saturated heterocycles. The van der Waals surface area contributed by atoms with Crippen molar-refractivity contribution in [2.45, 2.75) is 46.5 Å². The minimum Gasteiger partial charge on any atom is -0.356 e. The maximum absolute atomic E-state index is 12.2. The van der Waals surface area contributed by atoms with Crippen molar-refractivity contribution in [1.82, 2.24) is 10.6 Å². The molecule has 0 fully saturated rings. The third-order valence-electron chi connectivity index (χ3n) is 3.52. The van der Waals surface area contributed by atoms with Crippen molar-refractivity contribution in [2.75, 3.05) is 13.1 Å². The lowest BCUT2D eigenvalue weighted by molar-refractivity contribution is -0.122. The molecule has 0 spiro atoms. The van der Waals surface area contributed by atoms with Crippen molar-refractivity contribution < 1.29 is 14.4 Å². The lowest BCUT2D eigenvalue weighted by Gasteiger charge is -2.07. The molecular formula is C18H26N2O3. The summed E-state index contributed by atoms with van der Waals surface area (Å²) in [6.45, 7) is 6.76. The molecular weight excluding hydrogens is 292 g/mol. The summed E-state index contributed by atoms with van der Waals surface area (Å²) < 4.78 is 0. The van der Waals surface area contributed by atoms with E-state index in [1.165, 1.54) is 0 Å². The first-order valence-electron chi connectivity index (χ1n) is 8.08. The number of hydrogen-bond acceptors (Lipinski definition) is 3. The number of rotatable bonds is 9. The number of hydrogen-bond donors (Lipinski definition) is 2. The molecule has 0 unspecified atom stereocenters. The van der Waals surface area contributed by atoms with Gasteiger partial charge < -0.3 is 10.6 Å². The monoisotopic (exact) mass is 318 g/mol. The van der Waals surface area contributed by atoms with Crippen LogP contribution in [0.4, 0.5) is 0 Å². The fraction of sp³-hybridized carbons (Fsp3) is 0.500. The highest BCUT2D eigenvalue weighted by Gasteiger charge is 2.12. The van der Waals surface area contributed by atoms with Gasteiger partial charge in [0.2, 0.25) is 11.8 Å². The zero-order valence-electron chi connectivity index (χ0n) is 14.2. The average Bonchev–Trinajstić information content (AvgIpc) is 2.52. The van der Waals surface area contributed by atoms with E-state index in [0.717, 1.165) is 17.5 Å². The summed E-state index contributed by atoms with van der Waals surface area (Å²) >= 11 is 0. The van der Waals surface area contributed by atoms with Crippen LogP contribution in [0.2, 0.25) is 0 Å². The van der Waals surface area contributed by atoms with Crippen LogP contribution in [0, 0.1) is 13.8 Å². The van der Waals surface area contributed by atoms with Crippen LogP contribution in [0.5, 0.6) is 0 Å². The van der Waals surface area contributed by atoms with Crippen LogP contribution in [0.25, 0.3) is 0 Å². The number of carbonyl (C=O) groups is 3. The molecule has 0 saturated carbocycles. The standard InChI is InChI=1S/C18H26N2O3/c1-4-10-19-18(23)9-11-20-17(22)8-7-16(21)15-12-13(2)5-6-14(15)3/h5-6,12H,4,7-11H2,1-3H3,(H,19,23)(H,20,22). The van der Waals surface area contributed by atoms with Gasteiger partial charge in [0, 0.05) is 37.9 Å². The molecule has 0 radical (unpaired) electrons. The van der Waals surface area contributed by atoms with Gasteiger partial charge in [-0.25, -0.2) is 0 Å². The Morgan fingerprint density at radius 3 is 2.26 bits per heavy atom. The van der Waals surface area contributed by atoms with Gasteiger partial charge in [0.15, 0.2) is 5.78 Å². The third-order valence-corrected chi connectivity index (χ3v) is 3.52. The topological polar surface area (TPSA) is 75.3 Å². The summed E-state index contributed by atoms with van der Waals surface area (Å²) in [5.41, 5.74) is 2.63. The second-order valence-electron chi connectivity index (χ2n) is 5.69. The van der Waals surface area contributed by atoms with Gasteiger partial charge in [-0.05, 0) is 31.9 Å². The van der Waals surface area contributed by atoms with Crippen molar-refractivity contribution in [3.8, 4) is 0 Å². The van der Waals surface area contributed by atoms with Crippen LogP contribution in [-0.2, 0) is 9.59 Å². The molecule has 126 valence electrons. The molecule has 1 rings (SSSR count). The predicted molar refractivity (Wildman–Crippen MR) is 90.4 cm³/mol. The van der Waals surface area contributed by atoms with E-state index in [-0.39, 0.29) is 36.9 Å². The van der Waals surface area contributed by atoms with Gasteiger partial charge in [-0.15, -0.1) is 0 Å². The molecule has 0 atom stereocenters. The number of benzene rings is 1. The molecule has 5 nitrogen and oxygen atoms in total. The Morgan fingerprint density at radius 1 is 0.913 bits per heavy atom. The maximum Gasteiger partial charge on any atom is 0.221 e. The van der Waals surface area contributed by atoms with Crippen molar-refractivity contribution in [1.29, 1.82) is 0 Å². The Balaban J connectivity index is 2.31. The first-order valence-corrected chi connectivity index (χ1v) is 8.08. The SMILES string of the molecule is CCCNC(=O)CCNC(=O)CCC(=O)c1cc(C)ccc1C. The Kier molecular flexibility index (Phi) is 8.02. The second kappa shape index (κ2) is 9.77. The molecule has 0 aromatic heterocycles. The average molecular weight is 318 g/mol. The van der Waals surface area contributed by atoms with E-state index in [9.17, 15) is 14.4 Å². The summed E-state index contributed by atoms with van der Waals surface area (Å²) in [5, 5.41) is 5.42. The van der Waals surface area contributed by atoms with Crippen LogP contribution in [0.3, 0.4) is 0 Å². The fourth-order valence-corrected chi connectivity index (χ4v) is 2.15. The van der Waals surface area contributed by atoms with Crippen molar-refractivity contribution in [3.63, 3.8) is 0 Å². The lowest BCUT2D eigenvalue weighted by Crippen LogP contribution is -2.31. The number of aryl methyl sites for hydroxylation is 2. The predicted octanol–water partition coefficient (Wildman–Crippen LogP) is 2.30. The van der Waals surface area contributed by atoms with E-state index in [1.807, 2.05) is 39.0 Å². The van der Waals surface area contributed by atoms with Gasteiger partial charge in [0.1, 0.15) is 0 Å². The smallest absolute Gasteiger partial charge is 0.221 e. The van der Waals surface area contributed by atoms with Gasteiger partial charge in [0.05, 0.1) is 0 Å². The molecule has 1 aromatic rings. The molecule has 0 bridgehead atoms. The largest absolute Gasteiger partial charge is 0.356 e. The first-order chi connectivity index (χ1) is 10.9. The first kappa shape index (κ1) is 18.9. The summed E-state index contributed by atoms with van der Waals surface area (Å²) in [6.07, 6.45) is 1.47. The number of carbonyl (C=O) groups excluding carboxylic acids is 3. The summed E-state index contributed by atoms with van der Waals surface area (Å²) in [4.78, 5) is 35.3. The number of ketones is 1. The van der Waals surface area contributed by atoms with Gasteiger partial charge >= 0.3 is 0 Å². The summed E-state index contributed by atoms with van der Waals surface area (Å²) in [6, 6.07) is 5.73. The maximum atomic E-state index is 12.2. The highest BCUT2D eigenvalue weighted by molar-refractivity contribution is 5.99. The van der Waals surface area contributed by atoms with Crippen LogP contribution < -0.4 is 10.6 Å². The number of Topliss-reactive ketones (excluding diaryl/α,β-unsaturated/α-hetero) is 1. The molecule has 2 N–H and O–H groups in total. The van der Waals surface area contributed by atoms with Crippen molar-refractivity contribution in [3.05, 3.63) is 34.9 Å². The highest BCUT2D eigenvalue weighted by Crippen LogP contribution is 2.13. The quantitative estimate of drug-likeness (QED) is 0.686. The molecule has 5 heteroatoms. The van der Waals surface area contributed by atoms with E-state index in [2.05, 4.69) is 10.6 Å². The van der Waals surface area contributed by atoms with E-state index >= 15 is 0 Å². The van der Waals surface area contributed by atoms with E-state index in [0.29, 0.717) is 18.7 Å². The second-order valence-corrected chi connectivity index (χ2v) is 5.69. The molecule has 0 aliphatic carbocycles. The summed E-state index contributed by atoms with van der Waals surface area (Å²) in [7, 11) is 0. The molecule has 1 aromatic carbocycles. The number of amides is 2. The molecule has 0 aliphatic heterocycles. The minimum atomic E-state index is -0.202. The number of nitrogens with one attached hydrogen (secondary N) is 2. The normalized spacial score (nSPS) is 10.2. The highest BCUT2D eigenvalue weighted by atomic mass is 16.2. The molecule has 23 heavy (non-hydrogen) atoms. The summed E-state index contributed by atoms with van der Waals surface area (Å²) in [5.74, 6) is -0.299. The Labute approximate surface area is 137 Å². The van der Waals surface area contributed by atoms with Gasteiger partial charge in [-0.1, -0.05) is 24.6 Å². The minimum absolute atomic E-state index is 0.0259. The molecule has 0 heterocycles. The van der Waals surface area contributed by atoms with Gasteiger partial charge in [0.25, 0.3) is 0 Å². The van der Waals surface area contributed by atoms with E-state index in [4.69, 9.17) is 0 Å². The molecule has 2 amide bonds. The fourth-order valence-electron chi connectivity index (χ4n) is 2.15. The van der Waals surface area contributed by atoms with Crippen molar-refractivity contribution >= 4 is 17.6 Å². The van der Waals surface area contributed by atoms with Crippen LogP contribution in [-0.4, -0.2) is 30.7 Å². The van der Waals surface area contributed by atoms with Gasteiger partial charge in [-0.2, -0.15) is 0 Å². The third kappa shape index (κ3) is 7.08. The lowest BCUT2D eigenvalue weighted by atomic mass is 9.99. The Bertz CT molecular complexity index is 567. The van der Waals surface area contributed by atoms with E-state index in [1.54, 1.807) is 0 Å². The Morgan fingerprint density at radius 2 is 1.57 bits per heavy atom.